The minimum atomic E-state index is -1.30. The molecule has 1 unspecified atom stereocenters. The highest BCUT2D eigenvalue weighted by atomic mass is 35.5. The molecule has 8 nitrogen and oxygen atoms in total. The molecule has 12 heteroatoms. The summed E-state index contributed by atoms with van der Waals surface area (Å²) in [5.74, 6) is -1.53. The summed E-state index contributed by atoms with van der Waals surface area (Å²) in [6.45, 7) is -1.52. The van der Waals surface area contributed by atoms with Gasteiger partial charge in [0.15, 0.2) is 0 Å². The lowest BCUT2D eigenvalue weighted by atomic mass is 9.51. The molecule has 3 aliphatic rings. The predicted octanol–water partition coefficient (Wildman–Crippen LogP) is 8.15. The first-order valence-electron chi connectivity index (χ1n) is 19.2. The first kappa shape index (κ1) is 40.6. The Balaban J connectivity index is 1.51. The van der Waals surface area contributed by atoms with Gasteiger partial charge in [0.25, 0.3) is 0 Å². The number of hydrogen-bond acceptors (Lipinski definition) is 7. The molecule has 1 aliphatic carbocycles. The Morgan fingerprint density at radius 2 is 1.61 bits per heavy atom. The van der Waals surface area contributed by atoms with Crippen LogP contribution in [0.2, 0.25) is 10.0 Å². The van der Waals surface area contributed by atoms with E-state index in [0.717, 1.165) is 16.7 Å². The van der Waals surface area contributed by atoms with E-state index in [1.807, 2.05) is 84.9 Å². The van der Waals surface area contributed by atoms with Gasteiger partial charge in [0.2, 0.25) is 5.91 Å². The molecule has 0 radical (unpaired) electrons. The summed E-state index contributed by atoms with van der Waals surface area (Å²) >= 11 is 13.4. The molecular weight excluding hydrogens is 759 g/mol. The molecule has 7 rings (SSSR count). The molecule has 4 aromatic rings. The van der Waals surface area contributed by atoms with Crippen molar-refractivity contribution in [2.75, 3.05) is 45.7 Å². The summed E-state index contributed by atoms with van der Waals surface area (Å²) in [6.07, 6.45) is -0.178. The van der Waals surface area contributed by atoms with Crippen LogP contribution in [0.3, 0.4) is 0 Å². The van der Waals surface area contributed by atoms with Gasteiger partial charge in [0.05, 0.1) is 56.9 Å². The smallest absolute Gasteiger partial charge is 0.238 e. The van der Waals surface area contributed by atoms with Crippen molar-refractivity contribution >= 4 is 34.8 Å². The number of benzene rings is 4. The number of aliphatic hydroxyl groups excluding tert-OH is 2. The number of carbonyl (C=O) groups is 1. The SMILES string of the molecule is COCNc1cc(Cl)ccc1C1[C@@H](c2cccc(Cl)c2)[C@H](C(=O)N[C@@H]2CC[C@@H](CO)OC2)N([C@H](c2ccccc2)[C@@H](O)c2ccccc2)C12CC(CF)(CF)C2. The summed E-state index contributed by atoms with van der Waals surface area (Å²) < 4.78 is 41.8. The van der Waals surface area contributed by atoms with Gasteiger partial charge < -0.3 is 30.3 Å². The Bertz CT molecular complexity index is 1920. The van der Waals surface area contributed by atoms with E-state index in [1.165, 1.54) is 0 Å². The Labute approximate surface area is 337 Å². The van der Waals surface area contributed by atoms with Crippen molar-refractivity contribution in [3.63, 3.8) is 0 Å². The van der Waals surface area contributed by atoms with Crippen LogP contribution in [0.5, 0.6) is 0 Å². The molecule has 4 aromatic carbocycles. The number of methoxy groups -OCH3 is 1. The van der Waals surface area contributed by atoms with Crippen LogP contribution < -0.4 is 10.6 Å². The van der Waals surface area contributed by atoms with Crippen molar-refractivity contribution in [1.82, 2.24) is 10.2 Å². The maximum atomic E-state index is 15.5. The van der Waals surface area contributed by atoms with Crippen molar-refractivity contribution in [1.29, 1.82) is 0 Å². The van der Waals surface area contributed by atoms with E-state index in [4.69, 9.17) is 32.7 Å². The van der Waals surface area contributed by atoms with Crippen LogP contribution in [-0.4, -0.2) is 85.2 Å². The van der Waals surface area contributed by atoms with Gasteiger partial charge >= 0.3 is 0 Å². The quantitative estimate of drug-likeness (QED) is 0.0955. The highest BCUT2D eigenvalue weighted by Crippen LogP contribution is 2.70. The number of aliphatic hydroxyl groups is 2. The van der Waals surface area contributed by atoms with E-state index in [2.05, 4.69) is 15.5 Å². The van der Waals surface area contributed by atoms with Crippen molar-refractivity contribution < 1.29 is 33.3 Å². The average Bonchev–Trinajstić information content (AvgIpc) is 3.51. The maximum Gasteiger partial charge on any atom is 0.238 e. The third-order valence-corrected chi connectivity index (χ3v) is 12.6. The lowest BCUT2D eigenvalue weighted by Gasteiger charge is -2.61. The van der Waals surface area contributed by atoms with Crippen molar-refractivity contribution in [3.8, 4) is 0 Å². The molecule has 0 aromatic heterocycles. The van der Waals surface area contributed by atoms with Crippen molar-refractivity contribution in [2.45, 2.75) is 73.4 Å². The van der Waals surface area contributed by atoms with E-state index in [9.17, 15) is 10.2 Å². The van der Waals surface area contributed by atoms with Gasteiger partial charge in [-0.05, 0) is 72.2 Å². The zero-order valence-corrected chi connectivity index (χ0v) is 32.8. The number of ether oxygens (including phenoxy) is 2. The average molecular weight is 809 g/mol. The molecule has 4 N–H and O–H groups in total. The van der Waals surface area contributed by atoms with E-state index in [0.29, 0.717) is 34.1 Å². The molecule has 3 fully saturated rings. The minimum Gasteiger partial charge on any atom is -0.394 e. The molecule has 2 aliphatic heterocycles. The zero-order chi connectivity index (χ0) is 39.5. The highest BCUT2D eigenvalue weighted by molar-refractivity contribution is 6.31. The van der Waals surface area contributed by atoms with Gasteiger partial charge in [-0.1, -0.05) is 102 Å². The Morgan fingerprint density at radius 3 is 2.21 bits per heavy atom. The van der Waals surface area contributed by atoms with Crippen LogP contribution in [0.25, 0.3) is 0 Å². The van der Waals surface area contributed by atoms with Crippen molar-refractivity contribution in [3.05, 3.63) is 135 Å². The van der Waals surface area contributed by atoms with Gasteiger partial charge in [0, 0.05) is 45.6 Å². The van der Waals surface area contributed by atoms with Crippen LogP contribution in [0.1, 0.15) is 71.9 Å². The molecule has 0 bridgehead atoms. The molecule has 56 heavy (non-hydrogen) atoms. The third-order valence-electron chi connectivity index (χ3n) is 12.1. The summed E-state index contributed by atoms with van der Waals surface area (Å²) in [6, 6.07) is 29.5. The molecule has 1 amide bonds. The minimum absolute atomic E-state index is 0.0699. The lowest BCUT2D eigenvalue weighted by molar-refractivity contribution is -0.152. The number of rotatable bonds is 14. The largest absolute Gasteiger partial charge is 0.394 e. The summed E-state index contributed by atoms with van der Waals surface area (Å²) in [5.41, 5.74) is 1.20. The Kier molecular flexibility index (Phi) is 12.7. The molecule has 1 spiro atoms. The number of alkyl halides is 2. The first-order chi connectivity index (χ1) is 27.2. The predicted molar refractivity (Wildman–Crippen MR) is 214 cm³/mol. The maximum absolute atomic E-state index is 15.5. The van der Waals surface area contributed by atoms with Gasteiger partial charge in [-0.2, -0.15) is 0 Å². The van der Waals surface area contributed by atoms with Gasteiger partial charge in [0.1, 0.15) is 6.73 Å². The number of likely N-dealkylation sites (tertiary alicyclic amines) is 1. The summed E-state index contributed by atoms with van der Waals surface area (Å²) in [4.78, 5) is 17.6. The first-order valence-corrected chi connectivity index (χ1v) is 19.9. The second-order valence-electron chi connectivity index (χ2n) is 15.6. The second-order valence-corrected chi connectivity index (χ2v) is 16.5. The molecule has 1 saturated carbocycles. The monoisotopic (exact) mass is 807 g/mol. The number of amides is 1. The fourth-order valence-electron chi connectivity index (χ4n) is 9.74. The third kappa shape index (κ3) is 7.82. The van der Waals surface area contributed by atoms with E-state index < -0.39 is 54.3 Å². The van der Waals surface area contributed by atoms with E-state index in [-0.39, 0.29) is 50.8 Å². The number of halogens is 4. The lowest BCUT2D eigenvalue weighted by Crippen LogP contribution is -2.66. The van der Waals surface area contributed by atoms with Crippen LogP contribution in [-0.2, 0) is 14.3 Å². The Hall–Kier alpha value is -3.61. The fraction of sp³-hybridized carbons (Fsp3) is 0.432. The van der Waals surface area contributed by atoms with Crippen LogP contribution in [0.15, 0.2) is 103 Å². The Morgan fingerprint density at radius 1 is 0.929 bits per heavy atom. The number of nitrogens with zero attached hydrogens (tertiary/aromatic N) is 1. The highest BCUT2D eigenvalue weighted by Gasteiger charge is 2.72. The number of anilines is 1. The molecular formula is C44H49Cl2F2N3O5. The van der Waals surface area contributed by atoms with Gasteiger partial charge in [-0.15, -0.1) is 0 Å². The molecule has 2 heterocycles. The van der Waals surface area contributed by atoms with E-state index in [1.54, 1.807) is 25.3 Å². The van der Waals surface area contributed by atoms with Crippen LogP contribution in [0.4, 0.5) is 14.5 Å². The number of nitrogens with one attached hydrogen (secondary N) is 2. The van der Waals surface area contributed by atoms with Crippen molar-refractivity contribution in [2.24, 2.45) is 5.41 Å². The summed E-state index contributed by atoms with van der Waals surface area (Å²) in [7, 11) is 1.57. The molecule has 298 valence electrons. The second kappa shape index (κ2) is 17.5. The standard InChI is InChI=1S/C44H49Cl2F2N3O5/c1-55-27-49-36-20-32(46)15-18-35(36)38-37(30-13-8-14-31(45)19-30)40(42(54)50-33-16-17-34(21-52)56-22-33)51(44(38)23-43(24-44,25-47)26-48)39(28-9-4-2-5-10-28)41(53)29-11-6-3-7-12-29/h2-15,18-20,33-34,37-41,49,52-53H,16-17,21-27H2,1H3,(H,50,54)/t33-,34+,37-,38?,39-,40-,41+/m1/s1. The molecule has 7 atom stereocenters. The van der Waals surface area contributed by atoms with E-state index >= 15 is 13.6 Å². The summed E-state index contributed by atoms with van der Waals surface area (Å²) in [5, 5.41) is 30.0. The van der Waals surface area contributed by atoms with Crippen LogP contribution in [0, 0.1) is 5.41 Å². The van der Waals surface area contributed by atoms with Gasteiger partial charge in [-0.25, -0.2) is 0 Å². The normalized spacial score (nSPS) is 25.3. The van der Waals surface area contributed by atoms with Crippen LogP contribution >= 0.6 is 23.2 Å². The number of hydrogen-bond donors (Lipinski definition) is 4. The van der Waals surface area contributed by atoms with Gasteiger partial charge in [-0.3, -0.25) is 18.5 Å². The zero-order valence-electron chi connectivity index (χ0n) is 31.3. The topological polar surface area (TPSA) is 103 Å². The number of carbonyl (C=O) groups excluding carboxylic acids is 1. The fourth-order valence-corrected chi connectivity index (χ4v) is 10.1. The molecule has 2 saturated heterocycles.